The smallest absolute Gasteiger partial charge is 0.332 e. The summed E-state index contributed by atoms with van der Waals surface area (Å²) in [5, 5.41) is 7.06. The van der Waals surface area contributed by atoms with Gasteiger partial charge in [0.05, 0.1) is 13.1 Å². The first-order valence-electron chi connectivity index (χ1n) is 13.7. The van der Waals surface area contributed by atoms with Crippen LogP contribution in [0.4, 0.5) is 4.79 Å². The molecule has 2 aliphatic heterocycles. The van der Waals surface area contributed by atoms with Crippen LogP contribution in [-0.4, -0.2) is 69.5 Å². The first kappa shape index (κ1) is 27.7. The molecule has 40 heavy (non-hydrogen) atoms. The van der Waals surface area contributed by atoms with Crippen LogP contribution in [-0.2, 0) is 29.1 Å². The Morgan fingerprint density at radius 1 is 0.950 bits per heavy atom. The average Bonchev–Trinajstić information content (AvgIpc) is 3.30. The molecule has 8 nitrogen and oxygen atoms in total. The van der Waals surface area contributed by atoms with E-state index in [2.05, 4.69) is 5.32 Å². The number of urea groups is 1. The molecule has 0 saturated carbocycles. The number of rotatable bonds is 9. The number of nitrogens with zero attached hydrogens (tertiary/aromatic N) is 4. The number of hydrazine groups is 1. The number of carbonyl (C=O) groups excluding carboxylic acids is 3. The van der Waals surface area contributed by atoms with Gasteiger partial charge < -0.3 is 15.1 Å². The van der Waals surface area contributed by atoms with Gasteiger partial charge in [-0.3, -0.25) is 14.6 Å². The molecule has 2 atom stereocenters. The summed E-state index contributed by atoms with van der Waals surface area (Å²) in [5.41, 5.74) is 2.80. The zero-order valence-electron chi connectivity index (χ0n) is 22.6. The van der Waals surface area contributed by atoms with Crippen molar-refractivity contribution in [3.63, 3.8) is 0 Å². The molecule has 2 aliphatic rings. The van der Waals surface area contributed by atoms with Crippen molar-refractivity contribution in [1.29, 1.82) is 0 Å². The van der Waals surface area contributed by atoms with Crippen LogP contribution >= 0.6 is 11.6 Å². The van der Waals surface area contributed by atoms with Crippen LogP contribution in [0.15, 0.2) is 84.9 Å². The topological polar surface area (TPSA) is 76.2 Å². The highest BCUT2D eigenvalue weighted by atomic mass is 35.5. The third kappa shape index (κ3) is 5.98. The Bertz CT molecular complexity index is 1340. The number of nitrogens with one attached hydrogen (secondary N) is 1. The molecular formula is C31H34ClN5O3. The molecule has 9 heteroatoms. The maximum absolute atomic E-state index is 13.9. The van der Waals surface area contributed by atoms with E-state index >= 15 is 0 Å². The molecule has 0 bridgehead atoms. The quantitative estimate of drug-likeness (QED) is 0.424. The molecule has 1 N–H and O–H groups in total. The SMILES string of the molecule is CCCN(C(=O)NCc1ccccc1)N1CC(=O)N2[C@@H](Cc3ccccc3)C(=O)N(Cc3ccccc3Cl)C[C@@H]21. The van der Waals surface area contributed by atoms with Crippen LogP contribution < -0.4 is 5.32 Å². The van der Waals surface area contributed by atoms with Crippen molar-refractivity contribution in [3.8, 4) is 0 Å². The number of carbonyl (C=O) groups is 3. The molecule has 2 fully saturated rings. The summed E-state index contributed by atoms with van der Waals surface area (Å²) in [7, 11) is 0. The van der Waals surface area contributed by atoms with E-state index in [-0.39, 0.29) is 30.9 Å². The second-order valence-electron chi connectivity index (χ2n) is 10.2. The molecule has 5 rings (SSSR count). The first-order valence-corrected chi connectivity index (χ1v) is 14.1. The second kappa shape index (κ2) is 12.5. The van der Waals surface area contributed by atoms with Crippen LogP contribution in [0.5, 0.6) is 0 Å². The third-order valence-electron chi connectivity index (χ3n) is 7.42. The van der Waals surface area contributed by atoms with E-state index in [9.17, 15) is 14.4 Å². The van der Waals surface area contributed by atoms with Gasteiger partial charge in [0.1, 0.15) is 12.2 Å². The summed E-state index contributed by atoms with van der Waals surface area (Å²) in [6.07, 6.45) is 0.629. The molecule has 0 spiro atoms. The Balaban J connectivity index is 1.43. The Morgan fingerprint density at radius 3 is 2.27 bits per heavy atom. The van der Waals surface area contributed by atoms with E-state index in [0.717, 1.165) is 16.7 Å². The van der Waals surface area contributed by atoms with E-state index in [1.54, 1.807) is 14.8 Å². The molecule has 0 aliphatic carbocycles. The summed E-state index contributed by atoms with van der Waals surface area (Å²) in [6.45, 7) is 3.45. The van der Waals surface area contributed by atoms with Crippen LogP contribution in [0.1, 0.15) is 30.0 Å². The summed E-state index contributed by atoms with van der Waals surface area (Å²) in [5.74, 6) is -0.278. The van der Waals surface area contributed by atoms with Gasteiger partial charge in [0, 0.05) is 31.1 Å². The Kier molecular flexibility index (Phi) is 8.67. The van der Waals surface area contributed by atoms with Gasteiger partial charge in [-0.2, -0.15) is 5.01 Å². The van der Waals surface area contributed by atoms with Crippen molar-refractivity contribution in [1.82, 2.24) is 25.1 Å². The zero-order chi connectivity index (χ0) is 28.1. The van der Waals surface area contributed by atoms with E-state index in [1.165, 1.54) is 0 Å². The predicted octanol–water partition coefficient (Wildman–Crippen LogP) is 4.30. The summed E-state index contributed by atoms with van der Waals surface area (Å²) in [4.78, 5) is 44.4. The molecular weight excluding hydrogens is 526 g/mol. The van der Waals surface area contributed by atoms with Crippen molar-refractivity contribution in [2.24, 2.45) is 0 Å². The molecule has 0 aromatic heterocycles. The van der Waals surface area contributed by atoms with Gasteiger partial charge >= 0.3 is 6.03 Å². The highest BCUT2D eigenvalue weighted by Gasteiger charge is 2.52. The fraction of sp³-hybridized carbons (Fsp3) is 0.323. The van der Waals surface area contributed by atoms with Crippen LogP contribution in [0.25, 0.3) is 0 Å². The molecule has 208 valence electrons. The van der Waals surface area contributed by atoms with Crippen LogP contribution in [0.3, 0.4) is 0 Å². The molecule has 0 radical (unpaired) electrons. The molecule has 3 aromatic rings. The van der Waals surface area contributed by atoms with Gasteiger partial charge in [-0.15, -0.1) is 0 Å². The van der Waals surface area contributed by atoms with Gasteiger partial charge in [-0.1, -0.05) is 97.4 Å². The zero-order valence-corrected chi connectivity index (χ0v) is 23.3. The maximum atomic E-state index is 13.9. The van der Waals surface area contributed by atoms with Crippen molar-refractivity contribution in [2.75, 3.05) is 19.6 Å². The Hall–Kier alpha value is -3.88. The Morgan fingerprint density at radius 2 is 1.60 bits per heavy atom. The summed E-state index contributed by atoms with van der Waals surface area (Å²) in [6, 6.07) is 26.0. The number of fused-ring (bicyclic) bond motifs is 1. The minimum Gasteiger partial charge on any atom is -0.333 e. The number of piperazine rings is 1. The highest BCUT2D eigenvalue weighted by Crippen LogP contribution is 2.31. The Labute approximate surface area is 240 Å². The largest absolute Gasteiger partial charge is 0.333 e. The van der Waals surface area contributed by atoms with Crippen molar-refractivity contribution < 1.29 is 14.4 Å². The van der Waals surface area contributed by atoms with Crippen LogP contribution in [0.2, 0.25) is 5.02 Å². The molecule has 0 unspecified atom stereocenters. The van der Waals surface area contributed by atoms with Gasteiger partial charge in [0.25, 0.3) is 0 Å². The fourth-order valence-corrected chi connectivity index (χ4v) is 5.68. The number of halogens is 1. The van der Waals surface area contributed by atoms with Crippen molar-refractivity contribution >= 4 is 29.4 Å². The van der Waals surface area contributed by atoms with Crippen LogP contribution in [0, 0.1) is 0 Å². The van der Waals surface area contributed by atoms with Crippen molar-refractivity contribution in [2.45, 2.75) is 45.1 Å². The van der Waals surface area contributed by atoms with Gasteiger partial charge in [0.15, 0.2) is 0 Å². The normalized spacial score (nSPS) is 19.1. The standard InChI is InChI=1S/C31H34ClN5O3/c1-2-17-35(31(40)33-19-24-13-7-4-8-14-24)36-22-29(38)37-27(18-23-11-5-3-6-12-23)30(39)34(21-28(36)37)20-25-15-9-10-16-26(25)32/h3-16,27-28H,2,17-22H2,1H3,(H,33,40)/t27-,28+/m0/s1. The van der Waals surface area contributed by atoms with Crippen molar-refractivity contribution in [3.05, 3.63) is 107 Å². The first-order chi connectivity index (χ1) is 19.5. The number of benzene rings is 3. The lowest BCUT2D eigenvalue weighted by molar-refractivity contribution is -0.157. The lowest BCUT2D eigenvalue weighted by atomic mass is 10.00. The van der Waals surface area contributed by atoms with Gasteiger partial charge in [0.2, 0.25) is 11.8 Å². The van der Waals surface area contributed by atoms with Gasteiger partial charge in [-0.25, -0.2) is 4.79 Å². The number of hydrogen-bond acceptors (Lipinski definition) is 4. The number of hydrogen-bond donors (Lipinski definition) is 1. The van der Waals surface area contributed by atoms with Gasteiger partial charge in [-0.05, 0) is 29.2 Å². The summed E-state index contributed by atoms with van der Waals surface area (Å²) >= 11 is 6.46. The highest BCUT2D eigenvalue weighted by molar-refractivity contribution is 6.31. The summed E-state index contributed by atoms with van der Waals surface area (Å²) < 4.78 is 0. The predicted molar refractivity (Wildman–Crippen MR) is 154 cm³/mol. The molecule has 4 amide bonds. The third-order valence-corrected chi connectivity index (χ3v) is 7.79. The lowest BCUT2D eigenvalue weighted by Crippen LogP contribution is -2.66. The lowest BCUT2D eigenvalue weighted by Gasteiger charge is -2.46. The minimum absolute atomic E-state index is 0.0297. The number of amides is 4. The molecule has 3 aromatic carbocycles. The van der Waals surface area contributed by atoms with E-state index in [4.69, 9.17) is 11.6 Å². The fourth-order valence-electron chi connectivity index (χ4n) is 5.48. The molecule has 2 heterocycles. The monoisotopic (exact) mass is 559 g/mol. The van der Waals surface area contributed by atoms with E-state index < -0.39 is 12.2 Å². The van der Waals surface area contributed by atoms with E-state index in [0.29, 0.717) is 37.5 Å². The second-order valence-corrected chi connectivity index (χ2v) is 10.6. The average molecular weight is 560 g/mol. The molecule has 2 saturated heterocycles. The minimum atomic E-state index is -0.683. The maximum Gasteiger partial charge on any atom is 0.332 e. The van der Waals surface area contributed by atoms with E-state index in [1.807, 2.05) is 96.9 Å².